The minimum absolute atomic E-state index is 0.169. The van der Waals surface area contributed by atoms with Crippen molar-refractivity contribution >= 4 is 57.7 Å². The van der Waals surface area contributed by atoms with Crippen LogP contribution in [-0.2, 0) is 13.1 Å². The molecule has 0 radical (unpaired) electrons. The first-order chi connectivity index (χ1) is 15.7. The van der Waals surface area contributed by atoms with Crippen molar-refractivity contribution in [1.82, 2.24) is 14.9 Å². The van der Waals surface area contributed by atoms with E-state index < -0.39 is 0 Å². The molecule has 0 fully saturated rings. The van der Waals surface area contributed by atoms with E-state index in [0.717, 1.165) is 45.3 Å². The molecule has 4 aromatic rings. The molecule has 154 valence electrons. The van der Waals surface area contributed by atoms with E-state index in [2.05, 4.69) is 22.0 Å². The number of Topliss-reactive ketones (excluding diaryl/α,β-unsaturated/α-hetero) is 2. The molecule has 5 nitrogen and oxygen atoms in total. The van der Waals surface area contributed by atoms with Crippen LogP contribution in [-0.4, -0.2) is 40.9 Å². The first-order valence-electron chi connectivity index (χ1n) is 10.4. The topological polar surface area (TPSA) is 63.2 Å². The van der Waals surface area contributed by atoms with Crippen LogP contribution in [0.25, 0.3) is 20.3 Å². The number of fused-ring (bicyclic) bond motifs is 5. The van der Waals surface area contributed by atoms with Gasteiger partial charge in [-0.25, -0.2) is 0 Å². The number of hydrogen-bond donors (Lipinski definition) is 0. The quantitative estimate of drug-likeness (QED) is 0.232. The summed E-state index contributed by atoms with van der Waals surface area (Å²) in [6.45, 7) is 1.69. The molecule has 32 heavy (non-hydrogen) atoms. The van der Waals surface area contributed by atoms with Gasteiger partial charge in [-0.3, -0.25) is 9.59 Å². The Morgan fingerprint density at radius 1 is 1.00 bits per heavy atom. The Bertz CT molecular complexity index is 1570. The van der Waals surface area contributed by atoms with E-state index in [1.807, 2.05) is 6.08 Å². The monoisotopic (exact) mass is 501 g/mol. The summed E-state index contributed by atoms with van der Waals surface area (Å²) in [5, 5.41) is 0. The van der Waals surface area contributed by atoms with Crippen LogP contribution < -0.4 is 0 Å². The molecule has 0 N–H and O–H groups in total. The number of ketones is 2. The van der Waals surface area contributed by atoms with Crippen LogP contribution in [0.1, 0.15) is 37.6 Å². The Morgan fingerprint density at radius 3 is 2.62 bits per heavy atom. The van der Waals surface area contributed by atoms with E-state index in [-0.39, 0.29) is 17.1 Å². The molecular weight excluding hydrogens is 485 g/mol. The predicted octanol–water partition coefficient (Wildman–Crippen LogP) is 4.44. The number of aromatic nitrogens is 2. The number of carbonyl (C=O) groups is 2. The molecule has 1 aliphatic heterocycles. The molecule has 7 rings (SSSR count). The van der Waals surface area contributed by atoms with Crippen molar-refractivity contribution in [2.75, 3.05) is 0 Å². The molecule has 0 unspecified atom stereocenters. The Balaban J connectivity index is 1.12. The Kier molecular flexibility index (Phi) is 3.86. The number of hydrogen-bond acceptors (Lipinski definition) is 6. The van der Waals surface area contributed by atoms with Gasteiger partial charge in [0, 0.05) is 11.1 Å². The van der Waals surface area contributed by atoms with Crippen LogP contribution in [0.2, 0.25) is 0 Å². The SMILES string of the molecule is O=C1C(=CC2=CC=C(N3Cc4sc5nc6cc[se]c6nc5c4C3)C2)C(=O)c2ccccc21. The van der Waals surface area contributed by atoms with Gasteiger partial charge in [-0.05, 0) is 0 Å². The fourth-order valence-corrected chi connectivity index (χ4v) is 7.33. The van der Waals surface area contributed by atoms with Crippen LogP contribution in [0.5, 0.6) is 0 Å². The summed E-state index contributed by atoms with van der Waals surface area (Å²) in [5.74, 6) is -0.339. The van der Waals surface area contributed by atoms with Crippen molar-refractivity contribution in [3.63, 3.8) is 0 Å². The molecule has 2 aliphatic carbocycles. The molecule has 0 spiro atoms. The zero-order chi connectivity index (χ0) is 21.4. The van der Waals surface area contributed by atoms with E-state index in [9.17, 15) is 9.59 Å². The molecule has 0 amide bonds. The fraction of sp³-hybridized carbons (Fsp3) is 0.120. The summed E-state index contributed by atoms with van der Waals surface area (Å²) in [5.41, 5.74) is 6.90. The third kappa shape index (κ3) is 2.62. The fourth-order valence-electron chi connectivity index (χ4n) is 4.70. The minimum atomic E-state index is -0.169. The zero-order valence-electron chi connectivity index (χ0n) is 16.8. The van der Waals surface area contributed by atoms with Gasteiger partial charge in [-0.15, -0.1) is 0 Å². The predicted molar refractivity (Wildman–Crippen MR) is 125 cm³/mol. The normalized spacial score (nSPS) is 17.4. The average molecular weight is 500 g/mol. The van der Waals surface area contributed by atoms with Crippen LogP contribution in [0.4, 0.5) is 0 Å². The summed E-state index contributed by atoms with van der Waals surface area (Å²) in [6, 6.07) is 9.14. The van der Waals surface area contributed by atoms with Crippen molar-refractivity contribution in [2.24, 2.45) is 0 Å². The van der Waals surface area contributed by atoms with E-state index in [1.54, 1.807) is 41.7 Å². The van der Waals surface area contributed by atoms with E-state index in [1.165, 1.54) is 16.1 Å². The van der Waals surface area contributed by atoms with Crippen LogP contribution in [0, 0.1) is 0 Å². The Labute approximate surface area is 193 Å². The van der Waals surface area contributed by atoms with Gasteiger partial charge in [0.25, 0.3) is 0 Å². The summed E-state index contributed by atoms with van der Waals surface area (Å²) >= 11 is 2.04. The van der Waals surface area contributed by atoms with E-state index >= 15 is 0 Å². The standard InChI is InChI=1S/C25H15N3O2SSe/c29-22-15-3-1-2-4-16(15)23(30)17(22)10-13-5-6-14(9-13)28-11-18-20(12-28)31-24-21(18)27-25-19(26-24)7-8-32-25/h1-8,10H,9,11-12H2. The Hall–Kier alpha value is -3.12. The average Bonchev–Trinajstić information content (AvgIpc) is 3.60. The van der Waals surface area contributed by atoms with Gasteiger partial charge >= 0.3 is 149 Å². The zero-order valence-corrected chi connectivity index (χ0v) is 19.3. The third-order valence-corrected chi connectivity index (χ3v) is 9.07. The summed E-state index contributed by atoms with van der Waals surface area (Å²) in [6.07, 6.45) is 6.64. The van der Waals surface area contributed by atoms with Crippen LogP contribution >= 0.6 is 11.3 Å². The van der Waals surface area contributed by atoms with Gasteiger partial charge in [0.2, 0.25) is 0 Å². The van der Waals surface area contributed by atoms with Crippen molar-refractivity contribution < 1.29 is 9.59 Å². The molecule has 3 aromatic heterocycles. The molecule has 4 heterocycles. The second-order valence-corrected chi connectivity index (χ2v) is 11.1. The van der Waals surface area contributed by atoms with Crippen molar-refractivity contribution in [2.45, 2.75) is 19.5 Å². The second kappa shape index (κ2) is 6.69. The smallest absolute Gasteiger partial charge is 0.288 e. The van der Waals surface area contributed by atoms with Crippen molar-refractivity contribution in [1.29, 1.82) is 0 Å². The van der Waals surface area contributed by atoms with Crippen molar-refractivity contribution in [3.8, 4) is 0 Å². The number of carbonyl (C=O) groups excluding carboxylic acids is 2. The maximum absolute atomic E-state index is 12.7. The molecular formula is C25H15N3O2SSe. The third-order valence-electron chi connectivity index (χ3n) is 6.30. The molecule has 0 bridgehead atoms. The van der Waals surface area contributed by atoms with Gasteiger partial charge in [-0.1, -0.05) is 24.3 Å². The number of nitrogens with zero attached hydrogens (tertiary/aromatic N) is 3. The molecule has 0 saturated carbocycles. The first-order valence-corrected chi connectivity index (χ1v) is 13.0. The summed E-state index contributed by atoms with van der Waals surface area (Å²) < 4.78 is 1.13. The molecule has 7 heteroatoms. The summed E-state index contributed by atoms with van der Waals surface area (Å²) in [7, 11) is 0. The van der Waals surface area contributed by atoms with E-state index in [4.69, 9.17) is 9.97 Å². The minimum Gasteiger partial charge on any atom is -0.288 e. The number of allylic oxidation sites excluding steroid dienone is 5. The van der Waals surface area contributed by atoms with Crippen LogP contribution in [0.3, 0.4) is 0 Å². The van der Waals surface area contributed by atoms with Gasteiger partial charge in [0.15, 0.2) is 0 Å². The molecule has 3 aliphatic rings. The molecule has 1 aromatic carbocycles. The van der Waals surface area contributed by atoms with Gasteiger partial charge < -0.3 is 0 Å². The number of benzene rings is 1. The van der Waals surface area contributed by atoms with Crippen molar-refractivity contribution in [3.05, 3.63) is 91.9 Å². The van der Waals surface area contributed by atoms with Crippen LogP contribution in [0.15, 0.2) is 70.3 Å². The van der Waals surface area contributed by atoms with Gasteiger partial charge in [0.05, 0.1) is 0 Å². The number of thiophene rings is 1. The van der Waals surface area contributed by atoms with Gasteiger partial charge in [0.1, 0.15) is 0 Å². The Morgan fingerprint density at radius 2 is 1.81 bits per heavy atom. The number of rotatable bonds is 2. The van der Waals surface area contributed by atoms with Gasteiger partial charge in [-0.2, -0.15) is 0 Å². The molecule has 0 saturated heterocycles. The second-order valence-electron chi connectivity index (χ2n) is 8.19. The molecule has 0 atom stereocenters. The van der Waals surface area contributed by atoms with E-state index in [0.29, 0.717) is 25.6 Å². The maximum atomic E-state index is 12.7. The first kappa shape index (κ1) is 18.5. The summed E-state index contributed by atoms with van der Waals surface area (Å²) in [4.78, 5) is 42.1.